The number of aryl methyl sites for hydroxylation is 1. The van der Waals surface area contributed by atoms with Crippen molar-refractivity contribution >= 4 is 5.78 Å². The highest BCUT2D eigenvalue weighted by molar-refractivity contribution is 5.95. The first-order valence-electron chi connectivity index (χ1n) is 7.90. The van der Waals surface area contributed by atoms with E-state index in [1.165, 1.54) is 12.1 Å². The quantitative estimate of drug-likeness (QED) is 0.789. The second-order valence-electron chi connectivity index (χ2n) is 6.02. The fourth-order valence-corrected chi connectivity index (χ4v) is 2.67. The molecule has 0 saturated carbocycles. The summed E-state index contributed by atoms with van der Waals surface area (Å²) in [4.78, 5) is 20.6. The van der Waals surface area contributed by atoms with Crippen molar-refractivity contribution < 1.29 is 18.7 Å². The molecule has 3 heterocycles. The minimum atomic E-state index is -0.427. The van der Waals surface area contributed by atoms with Crippen molar-refractivity contribution in [3.63, 3.8) is 0 Å². The Bertz CT molecular complexity index is 734. The molecule has 2 aromatic heterocycles. The normalized spacial score (nSPS) is 20.1. The zero-order valence-corrected chi connectivity index (χ0v) is 13.7. The molecule has 0 bridgehead atoms. The number of Topliss-reactive ketones (excluding diaryl/α,β-unsaturated/α-hetero) is 1. The zero-order valence-electron chi connectivity index (χ0n) is 13.7. The van der Waals surface area contributed by atoms with Crippen LogP contribution >= 0.6 is 0 Å². The molecule has 2 atom stereocenters. The molecule has 6 heteroatoms. The molecule has 0 N–H and O–H groups in total. The Hall–Kier alpha value is -2.34. The van der Waals surface area contributed by atoms with Gasteiger partial charge in [0.25, 0.3) is 0 Å². The van der Waals surface area contributed by atoms with Crippen molar-refractivity contribution in [2.45, 2.75) is 38.9 Å². The Labute approximate surface area is 139 Å². The van der Waals surface area contributed by atoms with Gasteiger partial charge in [-0.1, -0.05) is 0 Å². The summed E-state index contributed by atoms with van der Waals surface area (Å²) < 4.78 is 24.3. The van der Waals surface area contributed by atoms with E-state index < -0.39 is 5.82 Å². The molecule has 0 spiro atoms. The van der Waals surface area contributed by atoms with Crippen molar-refractivity contribution in [2.24, 2.45) is 0 Å². The molecule has 24 heavy (non-hydrogen) atoms. The molecule has 3 rings (SSSR count). The molecule has 0 radical (unpaired) electrons. The van der Waals surface area contributed by atoms with Gasteiger partial charge < -0.3 is 9.47 Å². The second kappa shape index (κ2) is 7.05. The number of hydrogen-bond acceptors (Lipinski definition) is 5. The van der Waals surface area contributed by atoms with Crippen LogP contribution in [0, 0.1) is 12.7 Å². The molecule has 1 saturated heterocycles. The lowest BCUT2D eigenvalue weighted by molar-refractivity contribution is 0.0984. The number of ether oxygens (including phenoxy) is 2. The van der Waals surface area contributed by atoms with E-state index in [4.69, 9.17) is 9.47 Å². The molecule has 0 amide bonds. The molecule has 0 aliphatic carbocycles. The van der Waals surface area contributed by atoms with Gasteiger partial charge in [0.1, 0.15) is 23.4 Å². The number of ketones is 1. The summed E-state index contributed by atoms with van der Waals surface area (Å²) >= 11 is 0. The summed E-state index contributed by atoms with van der Waals surface area (Å²) in [6.45, 7) is 4.37. The number of carbonyl (C=O) groups is 1. The van der Waals surface area contributed by atoms with Crippen molar-refractivity contribution in [3.05, 3.63) is 53.4 Å². The smallest absolute Gasteiger partial charge is 0.187 e. The maximum absolute atomic E-state index is 12.9. The fourth-order valence-electron chi connectivity index (χ4n) is 2.67. The molecule has 5 nitrogen and oxygen atoms in total. The second-order valence-corrected chi connectivity index (χ2v) is 6.02. The number of halogens is 1. The van der Waals surface area contributed by atoms with Gasteiger partial charge in [-0.25, -0.2) is 9.37 Å². The molecule has 126 valence electrons. The third-order valence-corrected chi connectivity index (χ3v) is 3.81. The number of nitrogens with zero attached hydrogens (tertiary/aromatic N) is 2. The van der Waals surface area contributed by atoms with E-state index in [0.717, 1.165) is 12.6 Å². The first-order valence-corrected chi connectivity index (χ1v) is 7.90. The van der Waals surface area contributed by atoms with Gasteiger partial charge in [-0.3, -0.25) is 9.78 Å². The Balaban J connectivity index is 1.72. The van der Waals surface area contributed by atoms with Gasteiger partial charge in [0.05, 0.1) is 25.3 Å². The molecule has 1 fully saturated rings. The molecule has 1 aliphatic heterocycles. The van der Waals surface area contributed by atoms with Crippen molar-refractivity contribution in [1.29, 1.82) is 0 Å². The highest BCUT2D eigenvalue weighted by atomic mass is 19.1. The van der Waals surface area contributed by atoms with Crippen molar-refractivity contribution in [3.8, 4) is 5.75 Å². The lowest BCUT2D eigenvalue weighted by Gasteiger charge is -2.13. The van der Waals surface area contributed by atoms with Crippen LogP contribution in [0.5, 0.6) is 5.75 Å². The highest BCUT2D eigenvalue weighted by Gasteiger charge is 2.24. The summed E-state index contributed by atoms with van der Waals surface area (Å²) in [5.41, 5.74) is 1.53. The minimum Gasteiger partial charge on any atom is -0.488 e. The third kappa shape index (κ3) is 4.14. The van der Waals surface area contributed by atoms with Gasteiger partial charge >= 0.3 is 0 Å². The van der Waals surface area contributed by atoms with Gasteiger partial charge in [0.15, 0.2) is 5.78 Å². The van der Waals surface area contributed by atoms with E-state index in [0.29, 0.717) is 29.4 Å². The van der Waals surface area contributed by atoms with Crippen molar-refractivity contribution in [1.82, 2.24) is 9.97 Å². The minimum absolute atomic E-state index is 0.0106. The largest absolute Gasteiger partial charge is 0.488 e. The van der Waals surface area contributed by atoms with Crippen LogP contribution in [0.1, 0.15) is 35.2 Å². The summed E-state index contributed by atoms with van der Waals surface area (Å²) in [7, 11) is 0. The Kier molecular flexibility index (Phi) is 4.85. The zero-order chi connectivity index (χ0) is 17.1. The van der Waals surface area contributed by atoms with Crippen LogP contribution in [0.15, 0.2) is 30.5 Å². The van der Waals surface area contributed by atoms with Crippen LogP contribution in [-0.4, -0.2) is 34.6 Å². The van der Waals surface area contributed by atoms with Crippen LogP contribution in [-0.2, 0) is 11.2 Å². The number of carbonyl (C=O) groups excluding carboxylic acids is 1. The lowest BCUT2D eigenvalue weighted by Crippen LogP contribution is -2.17. The maximum Gasteiger partial charge on any atom is 0.187 e. The number of rotatable bonds is 5. The van der Waals surface area contributed by atoms with E-state index in [1.807, 2.05) is 13.8 Å². The topological polar surface area (TPSA) is 61.3 Å². The number of hydrogen-bond donors (Lipinski definition) is 0. The summed E-state index contributed by atoms with van der Waals surface area (Å²) in [5, 5.41) is 0. The Morgan fingerprint density at radius 1 is 1.42 bits per heavy atom. The van der Waals surface area contributed by atoms with Gasteiger partial charge in [0, 0.05) is 29.9 Å². The fraction of sp³-hybridized carbons (Fsp3) is 0.389. The van der Waals surface area contributed by atoms with Crippen LogP contribution < -0.4 is 4.74 Å². The average molecular weight is 330 g/mol. The molecular formula is C18H19FN2O3. The maximum atomic E-state index is 12.9. The van der Waals surface area contributed by atoms with Gasteiger partial charge in [-0.2, -0.15) is 0 Å². The molecule has 1 aliphatic rings. The van der Waals surface area contributed by atoms with Crippen LogP contribution in [0.25, 0.3) is 0 Å². The number of aromatic nitrogens is 2. The SMILES string of the molecule is Cc1cc(O[C@H]2CO[C@@H](C)C2)cc(C(=O)Cc2ccc(F)cn2)n1. The van der Waals surface area contributed by atoms with E-state index in [1.54, 1.807) is 12.1 Å². The summed E-state index contributed by atoms with van der Waals surface area (Å²) in [6.07, 6.45) is 2.17. The van der Waals surface area contributed by atoms with E-state index >= 15 is 0 Å². The standard InChI is InChI=1S/C18H19FN2O3/c1-11-5-15(24-16-6-12(2)23-10-16)8-17(21-11)18(22)7-14-4-3-13(19)9-20-14/h3-5,8-9,12,16H,6-7,10H2,1-2H3/t12-,16+/m0/s1. The van der Waals surface area contributed by atoms with Crippen molar-refractivity contribution in [2.75, 3.05) is 6.61 Å². The Morgan fingerprint density at radius 3 is 2.92 bits per heavy atom. The highest BCUT2D eigenvalue weighted by Crippen LogP contribution is 2.22. The first kappa shape index (κ1) is 16.5. The molecule has 0 aromatic carbocycles. The van der Waals surface area contributed by atoms with Gasteiger partial charge in [0.2, 0.25) is 0 Å². The average Bonchev–Trinajstić information content (AvgIpc) is 2.94. The first-order chi connectivity index (χ1) is 11.5. The van der Waals surface area contributed by atoms with Gasteiger partial charge in [-0.15, -0.1) is 0 Å². The lowest BCUT2D eigenvalue weighted by atomic mass is 10.1. The molecule has 0 unspecified atom stereocenters. The summed E-state index contributed by atoms with van der Waals surface area (Å²) in [6, 6.07) is 6.23. The number of pyridine rings is 2. The van der Waals surface area contributed by atoms with E-state index in [-0.39, 0.29) is 24.4 Å². The predicted octanol–water partition coefficient (Wildman–Crippen LogP) is 2.91. The van der Waals surface area contributed by atoms with Gasteiger partial charge in [-0.05, 0) is 26.0 Å². The predicted molar refractivity (Wildman–Crippen MR) is 85.7 cm³/mol. The summed E-state index contributed by atoms with van der Waals surface area (Å²) in [5.74, 6) is 0.00268. The monoisotopic (exact) mass is 330 g/mol. The van der Waals surface area contributed by atoms with Crippen LogP contribution in [0.4, 0.5) is 4.39 Å². The van der Waals surface area contributed by atoms with Crippen LogP contribution in [0.2, 0.25) is 0 Å². The van der Waals surface area contributed by atoms with E-state index in [9.17, 15) is 9.18 Å². The third-order valence-electron chi connectivity index (χ3n) is 3.81. The Morgan fingerprint density at radius 2 is 2.25 bits per heavy atom. The van der Waals surface area contributed by atoms with Crippen LogP contribution in [0.3, 0.4) is 0 Å². The molecule has 2 aromatic rings. The molecular weight excluding hydrogens is 311 g/mol. The van der Waals surface area contributed by atoms with E-state index in [2.05, 4.69) is 9.97 Å².